The molecule has 0 fully saturated rings. The molecule has 0 spiro atoms. The van der Waals surface area contributed by atoms with Gasteiger partial charge >= 0.3 is 0 Å². The van der Waals surface area contributed by atoms with Gasteiger partial charge in [-0.2, -0.15) is 5.10 Å². The van der Waals surface area contributed by atoms with Crippen LogP contribution in [-0.2, 0) is 6.54 Å². The van der Waals surface area contributed by atoms with E-state index in [0.717, 1.165) is 18.2 Å². The maximum Gasteiger partial charge on any atom is 0.147 e. The van der Waals surface area contributed by atoms with Crippen LogP contribution in [0.1, 0.15) is 30.2 Å². The van der Waals surface area contributed by atoms with Crippen LogP contribution in [0.3, 0.4) is 0 Å². The molecule has 4 nitrogen and oxygen atoms in total. The number of hydrogen-bond donors (Lipinski definition) is 1. The van der Waals surface area contributed by atoms with E-state index in [1.165, 1.54) is 6.07 Å². The molecule has 1 atom stereocenters. The molecule has 0 amide bonds. The van der Waals surface area contributed by atoms with Gasteiger partial charge in [0, 0.05) is 5.56 Å². The SMILES string of the molecule is CCNC(Cn1nc(C)nc1C)c1ccccc1F. The lowest BCUT2D eigenvalue weighted by molar-refractivity contribution is 0.425. The molecule has 1 unspecified atom stereocenters. The van der Waals surface area contributed by atoms with Crippen molar-refractivity contribution in [2.75, 3.05) is 6.54 Å². The minimum atomic E-state index is -0.192. The van der Waals surface area contributed by atoms with Crippen molar-refractivity contribution in [1.29, 1.82) is 0 Å². The molecule has 2 rings (SSSR count). The van der Waals surface area contributed by atoms with E-state index in [1.54, 1.807) is 6.07 Å². The summed E-state index contributed by atoms with van der Waals surface area (Å²) in [6.45, 7) is 7.11. The van der Waals surface area contributed by atoms with Crippen molar-refractivity contribution in [3.05, 3.63) is 47.3 Å². The monoisotopic (exact) mass is 262 g/mol. The summed E-state index contributed by atoms with van der Waals surface area (Å²) in [6, 6.07) is 6.74. The van der Waals surface area contributed by atoms with Crippen molar-refractivity contribution in [1.82, 2.24) is 20.1 Å². The maximum absolute atomic E-state index is 13.9. The van der Waals surface area contributed by atoms with Crippen LogP contribution in [0.25, 0.3) is 0 Å². The average Bonchev–Trinajstić information content (AvgIpc) is 2.68. The van der Waals surface area contributed by atoms with Gasteiger partial charge in [-0.1, -0.05) is 25.1 Å². The van der Waals surface area contributed by atoms with E-state index in [0.29, 0.717) is 12.1 Å². The van der Waals surface area contributed by atoms with Gasteiger partial charge in [0.15, 0.2) is 0 Å². The predicted molar refractivity (Wildman–Crippen MR) is 72.3 cm³/mol. The van der Waals surface area contributed by atoms with Crippen molar-refractivity contribution in [2.45, 2.75) is 33.4 Å². The van der Waals surface area contributed by atoms with E-state index in [9.17, 15) is 4.39 Å². The molecule has 0 aliphatic rings. The molecule has 0 saturated carbocycles. The Morgan fingerprint density at radius 3 is 2.63 bits per heavy atom. The summed E-state index contributed by atoms with van der Waals surface area (Å²) in [6.07, 6.45) is 0. The quantitative estimate of drug-likeness (QED) is 0.899. The zero-order valence-corrected chi connectivity index (χ0v) is 11.5. The number of likely N-dealkylation sites (N-methyl/N-ethyl adjacent to an activating group) is 1. The Bertz CT molecular complexity index is 550. The Labute approximate surface area is 112 Å². The van der Waals surface area contributed by atoms with Crippen LogP contribution in [0, 0.1) is 19.7 Å². The smallest absolute Gasteiger partial charge is 0.147 e. The van der Waals surface area contributed by atoms with Gasteiger partial charge in [0.25, 0.3) is 0 Å². The first-order valence-corrected chi connectivity index (χ1v) is 6.47. The molecule has 0 bridgehead atoms. The van der Waals surface area contributed by atoms with Gasteiger partial charge in [-0.25, -0.2) is 14.1 Å². The van der Waals surface area contributed by atoms with E-state index in [4.69, 9.17) is 0 Å². The van der Waals surface area contributed by atoms with Crippen molar-refractivity contribution < 1.29 is 4.39 Å². The first-order chi connectivity index (χ1) is 9.11. The fourth-order valence-electron chi connectivity index (χ4n) is 2.18. The summed E-state index contributed by atoms with van der Waals surface area (Å²) in [5, 5.41) is 7.63. The number of nitrogens with one attached hydrogen (secondary N) is 1. The largest absolute Gasteiger partial charge is 0.309 e. The van der Waals surface area contributed by atoms with Gasteiger partial charge in [-0.15, -0.1) is 0 Å². The number of halogens is 1. The van der Waals surface area contributed by atoms with E-state index < -0.39 is 0 Å². The van der Waals surface area contributed by atoms with Crippen LogP contribution in [0.15, 0.2) is 24.3 Å². The lowest BCUT2D eigenvalue weighted by atomic mass is 10.1. The molecule has 1 aromatic carbocycles. The molecule has 0 radical (unpaired) electrons. The molecular formula is C14H19FN4. The van der Waals surface area contributed by atoms with Crippen molar-refractivity contribution in [2.24, 2.45) is 0 Å². The Hall–Kier alpha value is -1.75. The number of nitrogens with zero attached hydrogens (tertiary/aromatic N) is 3. The van der Waals surface area contributed by atoms with Crippen LogP contribution < -0.4 is 5.32 Å². The van der Waals surface area contributed by atoms with Crippen LogP contribution in [0.5, 0.6) is 0 Å². The van der Waals surface area contributed by atoms with E-state index in [1.807, 2.05) is 37.6 Å². The Kier molecular flexibility index (Phi) is 4.27. The highest BCUT2D eigenvalue weighted by Gasteiger charge is 2.16. The Balaban J connectivity index is 2.26. The van der Waals surface area contributed by atoms with Crippen LogP contribution in [0.4, 0.5) is 4.39 Å². The second kappa shape index (κ2) is 5.93. The normalized spacial score (nSPS) is 12.6. The molecule has 0 saturated heterocycles. The Morgan fingerprint density at radius 1 is 1.32 bits per heavy atom. The highest BCUT2D eigenvalue weighted by molar-refractivity contribution is 5.21. The van der Waals surface area contributed by atoms with Crippen molar-refractivity contribution in [3.63, 3.8) is 0 Å². The predicted octanol–water partition coefficient (Wildman–Crippen LogP) is 2.38. The highest BCUT2D eigenvalue weighted by atomic mass is 19.1. The second-order valence-electron chi connectivity index (χ2n) is 4.52. The molecule has 0 aliphatic carbocycles. The molecule has 2 aromatic rings. The minimum absolute atomic E-state index is 0.106. The summed E-state index contributed by atoms with van der Waals surface area (Å²) in [4.78, 5) is 4.27. The first kappa shape index (κ1) is 13.7. The van der Waals surface area contributed by atoms with Crippen LogP contribution in [-0.4, -0.2) is 21.3 Å². The zero-order chi connectivity index (χ0) is 13.8. The lowest BCUT2D eigenvalue weighted by Crippen LogP contribution is -2.27. The zero-order valence-electron chi connectivity index (χ0n) is 11.5. The lowest BCUT2D eigenvalue weighted by Gasteiger charge is -2.19. The topological polar surface area (TPSA) is 42.7 Å². The third-order valence-corrected chi connectivity index (χ3v) is 3.05. The summed E-state index contributed by atoms with van der Waals surface area (Å²) in [5.41, 5.74) is 0.664. The number of hydrogen-bond acceptors (Lipinski definition) is 3. The third kappa shape index (κ3) is 3.17. The molecule has 1 aromatic heterocycles. The van der Waals surface area contributed by atoms with E-state index in [2.05, 4.69) is 15.4 Å². The minimum Gasteiger partial charge on any atom is -0.309 e. The molecule has 0 aliphatic heterocycles. The molecular weight excluding hydrogens is 243 g/mol. The fourth-order valence-corrected chi connectivity index (χ4v) is 2.18. The summed E-state index contributed by atoms with van der Waals surface area (Å²) >= 11 is 0. The number of aromatic nitrogens is 3. The van der Waals surface area contributed by atoms with Gasteiger partial charge in [0.05, 0.1) is 12.6 Å². The highest BCUT2D eigenvalue weighted by Crippen LogP contribution is 2.19. The summed E-state index contributed by atoms with van der Waals surface area (Å²) < 4.78 is 15.7. The first-order valence-electron chi connectivity index (χ1n) is 6.47. The number of aryl methyl sites for hydroxylation is 2. The standard InChI is InChI=1S/C14H19FN4/c1-4-16-14(12-7-5-6-8-13(12)15)9-19-11(3)17-10(2)18-19/h5-8,14,16H,4,9H2,1-3H3. The van der Waals surface area contributed by atoms with Crippen molar-refractivity contribution >= 4 is 0 Å². The second-order valence-corrected chi connectivity index (χ2v) is 4.52. The number of rotatable bonds is 5. The summed E-state index contributed by atoms with van der Waals surface area (Å²) in [7, 11) is 0. The van der Waals surface area contributed by atoms with Gasteiger partial charge in [-0.3, -0.25) is 0 Å². The molecule has 1 N–H and O–H groups in total. The molecule has 19 heavy (non-hydrogen) atoms. The van der Waals surface area contributed by atoms with E-state index >= 15 is 0 Å². The molecule has 1 heterocycles. The van der Waals surface area contributed by atoms with Gasteiger partial charge in [0.2, 0.25) is 0 Å². The van der Waals surface area contributed by atoms with Crippen LogP contribution >= 0.6 is 0 Å². The molecule has 5 heteroatoms. The fraction of sp³-hybridized carbons (Fsp3) is 0.429. The van der Waals surface area contributed by atoms with Crippen molar-refractivity contribution in [3.8, 4) is 0 Å². The molecule has 102 valence electrons. The van der Waals surface area contributed by atoms with Gasteiger partial charge in [0.1, 0.15) is 17.5 Å². The van der Waals surface area contributed by atoms with Gasteiger partial charge in [-0.05, 0) is 26.5 Å². The number of benzene rings is 1. The third-order valence-electron chi connectivity index (χ3n) is 3.05. The van der Waals surface area contributed by atoms with E-state index in [-0.39, 0.29) is 11.9 Å². The van der Waals surface area contributed by atoms with Crippen LogP contribution in [0.2, 0.25) is 0 Å². The summed E-state index contributed by atoms with van der Waals surface area (Å²) in [5.74, 6) is 1.39. The van der Waals surface area contributed by atoms with Gasteiger partial charge < -0.3 is 5.32 Å². The Morgan fingerprint density at radius 2 is 2.05 bits per heavy atom. The maximum atomic E-state index is 13.9. The average molecular weight is 262 g/mol.